The van der Waals surface area contributed by atoms with Crippen molar-refractivity contribution in [2.45, 2.75) is 25.8 Å². The summed E-state index contributed by atoms with van der Waals surface area (Å²) in [6, 6.07) is 5.35. The van der Waals surface area contributed by atoms with Crippen LogP contribution in [0.25, 0.3) is 0 Å². The van der Waals surface area contributed by atoms with Crippen LogP contribution in [0.4, 0.5) is 16.4 Å². The minimum absolute atomic E-state index is 0.0932. The van der Waals surface area contributed by atoms with E-state index in [2.05, 4.69) is 36.9 Å². The summed E-state index contributed by atoms with van der Waals surface area (Å²) in [4.78, 5) is 14.3. The van der Waals surface area contributed by atoms with Gasteiger partial charge in [0.2, 0.25) is 0 Å². The van der Waals surface area contributed by atoms with Crippen molar-refractivity contribution in [3.63, 3.8) is 0 Å². The smallest absolute Gasteiger partial charge is 0.320 e. The highest BCUT2D eigenvalue weighted by molar-refractivity contribution is 5.88. The Balaban J connectivity index is 1.58. The number of carbonyl (C=O) groups excluding carboxylic acids is 1. The zero-order valence-electron chi connectivity index (χ0n) is 13.4. The van der Waals surface area contributed by atoms with Crippen LogP contribution in [0.1, 0.15) is 18.5 Å². The monoisotopic (exact) mass is 315 g/mol. The van der Waals surface area contributed by atoms with Crippen LogP contribution in [0.2, 0.25) is 0 Å². The Morgan fingerprint density at radius 1 is 1.43 bits per heavy atom. The molecule has 1 aliphatic rings. The van der Waals surface area contributed by atoms with Crippen LogP contribution in [0, 0.1) is 6.92 Å². The van der Waals surface area contributed by atoms with Crippen LogP contribution in [-0.4, -0.2) is 45.1 Å². The minimum atomic E-state index is -0.251. The Kier molecular flexibility index (Phi) is 4.40. The summed E-state index contributed by atoms with van der Waals surface area (Å²) in [6.45, 7) is 3.73. The lowest BCUT2D eigenvalue weighted by molar-refractivity contribution is 0.246. The van der Waals surface area contributed by atoms with Gasteiger partial charge < -0.3 is 10.2 Å². The Labute approximate surface area is 134 Å². The van der Waals surface area contributed by atoms with Crippen LogP contribution in [0.3, 0.4) is 0 Å². The van der Waals surface area contributed by atoms with Crippen LogP contribution in [0.5, 0.6) is 0 Å². The van der Waals surface area contributed by atoms with Crippen LogP contribution in [0.15, 0.2) is 24.4 Å². The van der Waals surface area contributed by atoms with E-state index < -0.39 is 0 Å². The highest BCUT2D eigenvalue weighted by Gasteiger charge is 2.23. The summed E-state index contributed by atoms with van der Waals surface area (Å²) in [5, 5.41) is 17.7. The van der Waals surface area contributed by atoms with Crippen LogP contribution < -0.4 is 15.5 Å². The maximum Gasteiger partial charge on any atom is 0.320 e. The van der Waals surface area contributed by atoms with E-state index in [4.69, 9.17) is 0 Å². The van der Waals surface area contributed by atoms with E-state index in [0.29, 0.717) is 5.82 Å². The SMILES string of the molecule is Cc1cc(N2CCC[C@@H](NC(=O)Nc3cccnn3)C2)n(C)n1. The molecule has 3 rings (SSSR count). The molecule has 122 valence electrons. The van der Waals surface area contributed by atoms with Gasteiger partial charge in [-0.05, 0) is 31.9 Å². The van der Waals surface area contributed by atoms with Gasteiger partial charge in [0.25, 0.3) is 0 Å². The number of nitrogens with zero attached hydrogens (tertiary/aromatic N) is 5. The third-order valence-electron chi connectivity index (χ3n) is 3.87. The summed E-state index contributed by atoms with van der Waals surface area (Å²) in [7, 11) is 1.94. The molecule has 0 radical (unpaired) electrons. The molecule has 2 N–H and O–H groups in total. The summed E-state index contributed by atoms with van der Waals surface area (Å²) < 4.78 is 1.89. The lowest BCUT2D eigenvalue weighted by Crippen LogP contribution is -2.49. The number of anilines is 2. The van der Waals surface area contributed by atoms with Crippen molar-refractivity contribution >= 4 is 17.7 Å². The summed E-state index contributed by atoms with van der Waals surface area (Å²) >= 11 is 0. The second kappa shape index (κ2) is 6.64. The van der Waals surface area contributed by atoms with E-state index in [-0.39, 0.29) is 12.1 Å². The molecule has 8 nitrogen and oxygen atoms in total. The molecular formula is C15H21N7O. The molecule has 1 atom stereocenters. The fourth-order valence-corrected chi connectivity index (χ4v) is 2.90. The average molecular weight is 315 g/mol. The maximum atomic E-state index is 12.1. The molecule has 1 aliphatic heterocycles. The van der Waals surface area contributed by atoms with Crippen LogP contribution in [-0.2, 0) is 7.05 Å². The molecular weight excluding hydrogens is 294 g/mol. The Bertz CT molecular complexity index is 670. The topological polar surface area (TPSA) is 88.0 Å². The second-order valence-electron chi connectivity index (χ2n) is 5.76. The lowest BCUT2D eigenvalue weighted by Gasteiger charge is -2.34. The van der Waals surface area contributed by atoms with Crippen molar-refractivity contribution in [1.82, 2.24) is 25.3 Å². The predicted molar refractivity (Wildman–Crippen MR) is 87.4 cm³/mol. The second-order valence-corrected chi connectivity index (χ2v) is 5.76. The van der Waals surface area contributed by atoms with E-state index in [0.717, 1.165) is 37.4 Å². The number of nitrogens with one attached hydrogen (secondary N) is 2. The number of aryl methyl sites for hydroxylation is 2. The van der Waals surface area contributed by atoms with Gasteiger partial charge in [-0.2, -0.15) is 10.2 Å². The van der Waals surface area contributed by atoms with Crippen molar-refractivity contribution in [2.75, 3.05) is 23.3 Å². The number of hydrogen-bond acceptors (Lipinski definition) is 5. The number of aromatic nitrogens is 4. The highest BCUT2D eigenvalue weighted by atomic mass is 16.2. The van der Waals surface area contributed by atoms with Gasteiger partial charge in [-0.25, -0.2) is 4.79 Å². The van der Waals surface area contributed by atoms with Gasteiger partial charge in [0.05, 0.1) is 5.69 Å². The fraction of sp³-hybridized carbons (Fsp3) is 0.467. The van der Waals surface area contributed by atoms with Gasteiger partial charge in [0.1, 0.15) is 5.82 Å². The number of rotatable bonds is 3. The van der Waals surface area contributed by atoms with Gasteiger partial charge in [-0.15, -0.1) is 5.10 Å². The zero-order chi connectivity index (χ0) is 16.2. The first-order valence-corrected chi connectivity index (χ1v) is 7.72. The molecule has 0 aromatic carbocycles. The van der Waals surface area contributed by atoms with Crippen molar-refractivity contribution in [3.8, 4) is 0 Å². The molecule has 0 spiro atoms. The minimum Gasteiger partial charge on any atom is -0.355 e. The zero-order valence-corrected chi connectivity index (χ0v) is 13.4. The first-order valence-electron chi connectivity index (χ1n) is 7.72. The standard InChI is InChI=1S/C15H21N7O/c1-11-9-14(21(2)20-11)22-8-4-5-12(10-22)17-15(23)18-13-6-3-7-16-19-13/h3,6-7,9,12H,4-5,8,10H2,1-2H3,(H2,17,18,19,23)/t12-/m1/s1. The number of piperidine rings is 1. The molecule has 0 aliphatic carbocycles. The highest BCUT2D eigenvalue weighted by Crippen LogP contribution is 2.20. The Hall–Kier alpha value is -2.64. The lowest BCUT2D eigenvalue weighted by atomic mass is 10.1. The number of hydrogen-bond donors (Lipinski definition) is 2. The third-order valence-corrected chi connectivity index (χ3v) is 3.87. The van der Waals surface area contributed by atoms with E-state index in [1.807, 2.05) is 18.7 Å². The van der Waals surface area contributed by atoms with E-state index >= 15 is 0 Å². The molecule has 1 saturated heterocycles. The normalized spacial score (nSPS) is 17.8. The molecule has 2 amide bonds. The van der Waals surface area contributed by atoms with Gasteiger partial charge >= 0.3 is 6.03 Å². The van der Waals surface area contributed by atoms with Gasteiger partial charge in [-0.3, -0.25) is 10.00 Å². The molecule has 0 bridgehead atoms. The third kappa shape index (κ3) is 3.77. The quantitative estimate of drug-likeness (QED) is 0.891. The number of urea groups is 1. The fourth-order valence-electron chi connectivity index (χ4n) is 2.90. The van der Waals surface area contributed by atoms with Crippen molar-refractivity contribution in [3.05, 3.63) is 30.1 Å². The first kappa shape index (κ1) is 15.3. The Morgan fingerprint density at radius 3 is 3.00 bits per heavy atom. The van der Waals surface area contributed by atoms with Crippen molar-refractivity contribution in [2.24, 2.45) is 7.05 Å². The number of carbonyl (C=O) groups is 1. The van der Waals surface area contributed by atoms with Crippen LogP contribution >= 0.6 is 0 Å². The molecule has 23 heavy (non-hydrogen) atoms. The summed E-state index contributed by atoms with van der Waals surface area (Å²) in [6.07, 6.45) is 3.56. The summed E-state index contributed by atoms with van der Waals surface area (Å²) in [5.74, 6) is 1.53. The molecule has 3 heterocycles. The van der Waals surface area contributed by atoms with Crippen molar-refractivity contribution in [1.29, 1.82) is 0 Å². The molecule has 2 aromatic rings. The first-order chi connectivity index (χ1) is 11.1. The molecule has 2 aromatic heterocycles. The molecule has 8 heteroatoms. The van der Waals surface area contributed by atoms with Gasteiger partial charge in [0.15, 0.2) is 5.82 Å². The maximum absolute atomic E-state index is 12.1. The largest absolute Gasteiger partial charge is 0.355 e. The van der Waals surface area contributed by atoms with Gasteiger partial charge in [0, 0.05) is 38.4 Å². The summed E-state index contributed by atoms with van der Waals surface area (Å²) in [5.41, 5.74) is 0.998. The molecule has 0 saturated carbocycles. The van der Waals surface area contributed by atoms with Gasteiger partial charge in [-0.1, -0.05) is 0 Å². The van der Waals surface area contributed by atoms with E-state index in [9.17, 15) is 4.79 Å². The van der Waals surface area contributed by atoms with Crippen molar-refractivity contribution < 1.29 is 4.79 Å². The molecule has 1 fully saturated rings. The number of amides is 2. The van der Waals surface area contributed by atoms with E-state index in [1.165, 1.54) is 0 Å². The molecule has 0 unspecified atom stereocenters. The average Bonchev–Trinajstić information content (AvgIpc) is 2.87. The van der Waals surface area contributed by atoms with E-state index in [1.54, 1.807) is 18.3 Å². The predicted octanol–water partition coefficient (Wildman–Crippen LogP) is 1.31. The Morgan fingerprint density at radius 2 is 2.30 bits per heavy atom.